The smallest absolute Gasteiger partial charge is 0.412 e. The quantitative estimate of drug-likeness (QED) is 0.272. The molecule has 0 fully saturated rings. The van der Waals surface area contributed by atoms with E-state index in [0.29, 0.717) is 22.3 Å². The van der Waals surface area contributed by atoms with E-state index in [-0.39, 0.29) is 46.9 Å². The van der Waals surface area contributed by atoms with Crippen LogP contribution in [0.4, 0.5) is 30.9 Å². The SMILES string of the molecule is Nc1nc(-n2nc(Cc3ccccc3F)c3ncc(F)cc32)nc(N)c1N(Cc1ccc(Cl)nc1)C(=O)O. The van der Waals surface area contributed by atoms with Crippen LogP contribution in [0.15, 0.2) is 54.9 Å². The fraction of sp³-hybridized carbons (Fsp3) is 0.0833. The predicted octanol–water partition coefficient (Wildman–Crippen LogP) is 3.98. The highest BCUT2D eigenvalue weighted by molar-refractivity contribution is 6.29. The minimum atomic E-state index is -1.36. The number of halogens is 3. The molecule has 11 nitrogen and oxygen atoms in total. The Morgan fingerprint density at radius 3 is 2.45 bits per heavy atom. The number of nitrogen functional groups attached to an aromatic ring is 2. The molecular weight excluding hydrogens is 520 g/mol. The van der Waals surface area contributed by atoms with Gasteiger partial charge >= 0.3 is 6.09 Å². The van der Waals surface area contributed by atoms with E-state index >= 15 is 0 Å². The molecular formula is C24H18ClF2N9O2. The number of aromatic nitrogens is 6. The predicted molar refractivity (Wildman–Crippen MR) is 136 cm³/mol. The second kappa shape index (κ2) is 9.86. The fourth-order valence-electron chi connectivity index (χ4n) is 3.90. The summed E-state index contributed by atoms with van der Waals surface area (Å²) in [4.78, 5) is 29.4. The van der Waals surface area contributed by atoms with Crippen molar-refractivity contribution in [3.8, 4) is 5.95 Å². The first-order chi connectivity index (χ1) is 18.2. The molecule has 0 atom stereocenters. The zero-order valence-corrected chi connectivity index (χ0v) is 20.1. The zero-order chi connectivity index (χ0) is 27.0. The molecule has 5 N–H and O–H groups in total. The Morgan fingerprint density at radius 1 is 1.05 bits per heavy atom. The van der Waals surface area contributed by atoms with Crippen molar-refractivity contribution in [2.24, 2.45) is 0 Å². The summed E-state index contributed by atoms with van der Waals surface area (Å²) in [5.74, 6) is -1.77. The van der Waals surface area contributed by atoms with Crippen LogP contribution in [0, 0.1) is 11.6 Å². The van der Waals surface area contributed by atoms with Crippen molar-refractivity contribution in [1.29, 1.82) is 0 Å². The average molecular weight is 538 g/mol. The zero-order valence-electron chi connectivity index (χ0n) is 19.4. The van der Waals surface area contributed by atoms with E-state index < -0.39 is 17.7 Å². The maximum atomic E-state index is 14.3. The molecule has 1 aromatic carbocycles. The van der Waals surface area contributed by atoms with Crippen molar-refractivity contribution >= 4 is 46.1 Å². The van der Waals surface area contributed by atoms with Crippen molar-refractivity contribution in [2.45, 2.75) is 13.0 Å². The topological polar surface area (TPSA) is 162 Å². The molecule has 0 saturated carbocycles. The molecule has 14 heteroatoms. The van der Waals surface area contributed by atoms with Crippen molar-refractivity contribution in [1.82, 2.24) is 29.7 Å². The van der Waals surface area contributed by atoms with E-state index in [2.05, 4.69) is 25.0 Å². The number of benzene rings is 1. The van der Waals surface area contributed by atoms with Crippen molar-refractivity contribution < 1.29 is 18.7 Å². The normalized spacial score (nSPS) is 11.1. The molecule has 0 spiro atoms. The molecule has 4 aromatic heterocycles. The van der Waals surface area contributed by atoms with Crippen LogP contribution in [0.3, 0.4) is 0 Å². The molecule has 4 heterocycles. The molecule has 192 valence electrons. The van der Waals surface area contributed by atoms with Gasteiger partial charge in [0.15, 0.2) is 11.6 Å². The Bertz CT molecular complexity index is 1660. The van der Waals surface area contributed by atoms with E-state index in [1.807, 2.05) is 0 Å². The van der Waals surface area contributed by atoms with E-state index in [4.69, 9.17) is 23.1 Å². The summed E-state index contributed by atoms with van der Waals surface area (Å²) in [5, 5.41) is 14.5. The Labute approximate surface area is 218 Å². The van der Waals surface area contributed by atoms with Gasteiger partial charge in [-0.2, -0.15) is 19.7 Å². The third kappa shape index (κ3) is 4.74. The number of pyridine rings is 2. The Balaban J connectivity index is 1.58. The third-order valence-electron chi connectivity index (χ3n) is 5.62. The average Bonchev–Trinajstić information content (AvgIpc) is 3.22. The molecule has 38 heavy (non-hydrogen) atoms. The standard InChI is InChI=1S/C24H18ClF2N9O2/c25-18-6-5-12(9-30-18)11-35(24(37)38)20-21(28)32-23(33-22(20)29)36-17-8-14(26)10-31-19(17)16(34-36)7-13-3-1-2-4-15(13)27/h1-6,8-10H,7,11H2,(H,37,38)(H4,28,29,32,33). The van der Waals surface area contributed by atoms with Crippen LogP contribution in [0.25, 0.3) is 17.0 Å². The molecule has 0 aliphatic rings. The first-order valence-electron chi connectivity index (χ1n) is 11.0. The van der Waals surface area contributed by atoms with Crippen LogP contribution in [0.5, 0.6) is 0 Å². The first kappa shape index (κ1) is 24.8. The molecule has 0 radical (unpaired) electrons. The summed E-state index contributed by atoms with van der Waals surface area (Å²) in [6.45, 7) is -0.163. The molecule has 1 amide bonds. The van der Waals surface area contributed by atoms with Crippen LogP contribution in [0.1, 0.15) is 16.8 Å². The molecule has 5 aromatic rings. The number of nitrogens with zero attached hydrogens (tertiary/aromatic N) is 7. The van der Waals surface area contributed by atoms with Crippen molar-refractivity contribution in [2.75, 3.05) is 16.4 Å². The lowest BCUT2D eigenvalue weighted by Crippen LogP contribution is -2.31. The molecule has 0 unspecified atom stereocenters. The van der Waals surface area contributed by atoms with Gasteiger partial charge in [0.25, 0.3) is 5.95 Å². The van der Waals surface area contributed by atoms with Crippen LogP contribution in [0.2, 0.25) is 5.15 Å². The lowest BCUT2D eigenvalue weighted by molar-refractivity contribution is 0.201. The lowest BCUT2D eigenvalue weighted by Gasteiger charge is -2.22. The van der Waals surface area contributed by atoms with Gasteiger partial charge in [-0.05, 0) is 23.3 Å². The van der Waals surface area contributed by atoms with Gasteiger partial charge in [0.1, 0.15) is 28.0 Å². The summed E-state index contributed by atoms with van der Waals surface area (Å²) >= 11 is 5.80. The van der Waals surface area contributed by atoms with Gasteiger partial charge in [-0.15, -0.1) is 0 Å². The maximum Gasteiger partial charge on any atom is 0.412 e. The van der Waals surface area contributed by atoms with Crippen LogP contribution in [-0.4, -0.2) is 40.9 Å². The number of fused-ring (bicyclic) bond motifs is 1. The van der Waals surface area contributed by atoms with Gasteiger partial charge < -0.3 is 16.6 Å². The third-order valence-corrected chi connectivity index (χ3v) is 5.84. The van der Waals surface area contributed by atoms with E-state index in [0.717, 1.165) is 11.1 Å². The Kier molecular flexibility index (Phi) is 6.43. The fourth-order valence-corrected chi connectivity index (χ4v) is 4.01. The van der Waals surface area contributed by atoms with Gasteiger partial charge in [-0.1, -0.05) is 35.9 Å². The monoisotopic (exact) mass is 537 g/mol. The summed E-state index contributed by atoms with van der Waals surface area (Å²) < 4.78 is 29.6. The van der Waals surface area contributed by atoms with Crippen LogP contribution in [-0.2, 0) is 13.0 Å². The lowest BCUT2D eigenvalue weighted by atomic mass is 10.1. The number of hydrogen-bond acceptors (Lipinski definition) is 8. The van der Waals surface area contributed by atoms with Crippen LogP contribution >= 0.6 is 11.6 Å². The summed E-state index contributed by atoms with van der Waals surface area (Å²) in [6, 6.07) is 10.4. The number of hydrogen-bond donors (Lipinski definition) is 3. The second-order valence-corrected chi connectivity index (χ2v) is 8.54. The van der Waals surface area contributed by atoms with E-state index in [1.54, 1.807) is 24.3 Å². The highest BCUT2D eigenvalue weighted by Gasteiger charge is 2.25. The van der Waals surface area contributed by atoms with Gasteiger partial charge in [0, 0.05) is 18.7 Å². The van der Waals surface area contributed by atoms with E-state index in [1.165, 1.54) is 29.1 Å². The summed E-state index contributed by atoms with van der Waals surface area (Å²) in [5.41, 5.74) is 13.8. The van der Waals surface area contributed by atoms with Gasteiger partial charge in [-0.25, -0.2) is 23.5 Å². The highest BCUT2D eigenvalue weighted by atomic mass is 35.5. The van der Waals surface area contributed by atoms with Crippen molar-refractivity contribution in [3.63, 3.8) is 0 Å². The van der Waals surface area contributed by atoms with Crippen molar-refractivity contribution in [3.05, 3.63) is 88.5 Å². The van der Waals surface area contributed by atoms with E-state index in [9.17, 15) is 18.7 Å². The van der Waals surface area contributed by atoms with Gasteiger partial charge in [0.2, 0.25) is 0 Å². The molecule has 0 aliphatic heterocycles. The molecule has 0 saturated heterocycles. The first-order valence-corrected chi connectivity index (χ1v) is 11.4. The highest BCUT2D eigenvalue weighted by Crippen LogP contribution is 2.31. The summed E-state index contributed by atoms with van der Waals surface area (Å²) in [7, 11) is 0. The molecule has 0 bridgehead atoms. The number of carbonyl (C=O) groups is 1. The van der Waals surface area contributed by atoms with Gasteiger partial charge in [0.05, 0.1) is 24.0 Å². The Hall–Kier alpha value is -4.91. The number of rotatable bonds is 6. The Morgan fingerprint density at radius 2 is 1.79 bits per heavy atom. The molecule has 5 rings (SSSR count). The largest absolute Gasteiger partial charge is 0.465 e. The minimum absolute atomic E-state index is 0.0553. The van der Waals surface area contributed by atoms with Crippen LogP contribution < -0.4 is 16.4 Å². The number of nitrogens with two attached hydrogens (primary N) is 2. The second-order valence-electron chi connectivity index (χ2n) is 8.15. The molecule has 0 aliphatic carbocycles. The maximum absolute atomic E-state index is 14.3. The minimum Gasteiger partial charge on any atom is -0.465 e. The number of anilines is 3. The number of carboxylic acid groups (broad SMARTS) is 1. The summed E-state index contributed by atoms with van der Waals surface area (Å²) in [6.07, 6.45) is 1.12. The van der Waals surface area contributed by atoms with Gasteiger partial charge in [-0.3, -0.25) is 4.90 Å². The number of amides is 1.